The Bertz CT molecular complexity index is 1080. The van der Waals surface area contributed by atoms with Crippen molar-refractivity contribution in [3.8, 4) is 0 Å². The second kappa shape index (κ2) is 7.29. The molecule has 1 unspecified atom stereocenters. The van der Waals surface area contributed by atoms with E-state index >= 15 is 0 Å². The van der Waals surface area contributed by atoms with Crippen LogP contribution in [-0.4, -0.2) is 21.4 Å². The molecule has 134 valence electrons. The molecular weight excluding hydrogens is 340 g/mol. The fraction of sp³-hybridized carbons (Fsp3) is 0.0952. The van der Waals surface area contributed by atoms with Crippen LogP contribution in [0.5, 0.6) is 0 Å². The average molecular weight is 358 g/mol. The molecule has 2 N–H and O–H groups in total. The van der Waals surface area contributed by atoms with Gasteiger partial charge in [0.05, 0.1) is 4.92 Å². The van der Waals surface area contributed by atoms with Crippen molar-refractivity contribution >= 4 is 22.4 Å². The topological polar surface area (TPSA) is 83.8 Å². The lowest BCUT2D eigenvalue weighted by atomic mass is 9.91. The number of aromatic nitrogens is 2. The van der Waals surface area contributed by atoms with E-state index in [1.165, 1.54) is 6.07 Å². The number of nitrogens with zero attached hydrogens (tertiary/aromatic N) is 2. The SMILES string of the molecule is O=[N+]([O-])c1cccnc1NCC(c1ccccc1)c1c[nH]c2ccccc12. The van der Waals surface area contributed by atoms with E-state index < -0.39 is 4.92 Å². The molecule has 0 aliphatic heterocycles. The van der Waals surface area contributed by atoms with Gasteiger partial charge in [0, 0.05) is 41.8 Å². The normalized spacial score (nSPS) is 12.0. The summed E-state index contributed by atoms with van der Waals surface area (Å²) in [5, 5.41) is 15.6. The van der Waals surface area contributed by atoms with E-state index in [1.807, 2.05) is 42.6 Å². The van der Waals surface area contributed by atoms with Gasteiger partial charge in [-0.1, -0.05) is 48.5 Å². The van der Waals surface area contributed by atoms with Gasteiger partial charge in [-0.25, -0.2) is 4.98 Å². The molecule has 0 saturated carbocycles. The number of nitrogens with one attached hydrogen (secondary N) is 2. The van der Waals surface area contributed by atoms with Crippen LogP contribution < -0.4 is 5.32 Å². The molecule has 27 heavy (non-hydrogen) atoms. The van der Waals surface area contributed by atoms with Crippen LogP contribution in [0.15, 0.2) is 79.1 Å². The third kappa shape index (κ3) is 3.37. The van der Waals surface area contributed by atoms with Gasteiger partial charge in [-0.15, -0.1) is 0 Å². The maximum atomic E-state index is 11.3. The van der Waals surface area contributed by atoms with E-state index in [0.29, 0.717) is 6.54 Å². The smallest absolute Gasteiger partial charge is 0.311 e. The van der Waals surface area contributed by atoms with Crippen LogP contribution in [0, 0.1) is 10.1 Å². The summed E-state index contributed by atoms with van der Waals surface area (Å²) >= 11 is 0. The monoisotopic (exact) mass is 358 g/mol. The van der Waals surface area contributed by atoms with Gasteiger partial charge < -0.3 is 10.3 Å². The lowest BCUT2D eigenvalue weighted by molar-refractivity contribution is -0.384. The van der Waals surface area contributed by atoms with E-state index in [2.05, 4.69) is 33.5 Å². The van der Waals surface area contributed by atoms with Crippen molar-refractivity contribution in [1.82, 2.24) is 9.97 Å². The quantitative estimate of drug-likeness (QED) is 0.386. The Morgan fingerprint density at radius 2 is 1.81 bits per heavy atom. The average Bonchev–Trinajstić information content (AvgIpc) is 3.13. The zero-order valence-electron chi connectivity index (χ0n) is 14.5. The zero-order chi connectivity index (χ0) is 18.6. The third-order valence-corrected chi connectivity index (χ3v) is 4.66. The van der Waals surface area contributed by atoms with Gasteiger partial charge in [0.25, 0.3) is 0 Å². The molecule has 2 aromatic heterocycles. The maximum absolute atomic E-state index is 11.3. The number of benzene rings is 2. The van der Waals surface area contributed by atoms with Crippen LogP contribution in [-0.2, 0) is 0 Å². The van der Waals surface area contributed by atoms with Crippen LogP contribution in [0.4, 0.5) is 11.5 Å². The van der Waals surface area contributed by atoms with Crippen molar-refractivity contribution in [2.24, 2.45) is 0 Å². The molecule has 0 saturated heterocycles. The largest absolute Gasteiger partial charge is 0.363 e. The fourth-order valence-corrected chi connectivity index (χ4v) is 3.35. The molecule has 1 atom stereocenters. The molecule has 0 spiro atoms. The molecule has 4 rings (SSSR count). The highest BCUT2D eigenvalue weighted by Gasteiger charge is 2.20. The minimum absolute atomic E-state index is 0.0176. The highest BCUT2D eigenvalue weighted by Crippen LogP contribution is 2.32. The van der Waals surface area contributed by atoms with Gasteiger partial charge in [-0.05, 0) is 23.3 Å². The summed E-state index contributed by atoms with van der Waals surface area (Å²) in [6.45, 7) is 0.490. The number of rotatable bonds is 6. The minimum atomic E-state index is -0.418. The number of H-pyrrole nitrogens is 1. The lowest BCUT2D eigenvalue weighted by Gasteiger charge is -2.18. The summed E-state index contributed by atoms with van der Waals surface area (Å²) in [6, 6.07) is 21.3. The number of nitro groups is 1. The zero-order valence-corrected chi connectivity index (χ0v) is 14.5. The molecule has 0 aliphatic carbocycles. The third-order valence-electron chi connectivity index (χ3n) is 4.66. The predicted molar refractivity (Wildman–Crippen MR) is 106 cm³/mol. The van der Waals surface area contributed by atoms with Crippen LogP contribution in [0.25, 0.3) is 10.9 Å². The molecule has 2 heterocycles. The van der Waals surface area contributed by atoms with Gasteiger partial charge >= 0.3 is 5.69 Å². The fourth-order valence-electron chi connectivity index (χ4n) is 3.35. The molecule has 4 aromatic rings. The second-order valence-electron chi connectivity index (χ2n) is 6.26. The Balaban J connectivity index is 1.71. The molecule has 0 fully saturated rings. The Morgan fingerprint density at radius 1 is 1.04 bits per heavy atom. The van der Waals surface area contributed by atoms with E-state index in [1.54, 1.807) is 12.3 Å². The molecular formula is C21H18N4O2. The summed E-state index contributed by atoms with van der Waals surface area (Å²) < 4.78 is 0. The molecule has 0 bridgehead atoms. The number of fused-ring (bicyclic) bond motifs is 1. The van der Waals surface area contributed by atoms with E-state index in [9.17, 15) is 10.1 Å². The summed E-state index contributed by atoms with van der Waals surface area (Å²) in [6.07, 6.45) is 3.56. The molecule has 0 aliphatic rings. The summed E-state index contributed by atoms with van der Waals surface area (Å²) in [7, 11) is 0. The highest BCUT2D eigenvalue weighted by atomic mass is 16.6. The first-order valence-corrected chi connectivity index (χ1v) is 8.68. The Morgan fingerprint density at radius 3 is 2.63 bits per heavy atom. The number of para-hydroxylation sites is 1. The predicted octanol–water partition coefficient (Wildman–Crippen LogP) is 4.72. The van der Waals surface area contributed by atoms with Crippen LogP contribution in [0.3, 0.4) is 0 Å². The first kappa shape index (κ1) is 16.8. The standard InChI is InChI=1S/C21H18N4O2/c26-25(27)20-11-6-12-22-21(20)24-13-17(15-7-2-1-3-8-15)18-14-23-19-10-5-4-9-16(18)19/h1-12,14,17,23H,13H2,(H,22,24). The highest BCUT2D eigenvalue weighted by molar-refractivity contribution is 5.84. The lowest BCUT2D eigenvalue weighted by Crippen LogP contribution is -2.15. The van der Waals surface area contributed by atoms with Crippen molar-refractivity contribution in [2.45, 2.75) is 5.92 Å². The minimum Gasteiger partial charge on any atom is -0.363 e. The molecule has 0 radical (unpaired) electrons. The van der Waals surface area contributed by atoms with Gasteiger partial charge in [0.15, 0.2) is 0 Å². The van der Waals surface area contributed by atoms with Crippen molar-refractivity contribution < 1.29 is 4.92 Å². The van der Waals surface area contributed by atoms with Gasteiger partial charge in [0.1, 0.15) is 0 Å². The molecule has 0 amide bonds. The summed E-state index contributed by atoms with van der Waals surface area (Å²) in [4.78, 5) is 18.3. The van der Waals surface area contributed by atoms with E-state index in [-0.39, 0.29) is 17.4 Å². The number of hydrogen-bond acceptors (Lipinski definition) is 4. The number of anilines is 1. The number of aromatic amines is 1. The molecule has 6 heteroatoms. The summed E-state index contributed by atoms with van der Waals surface area (Å²) in [5.41, 5.74) is 3.32. The Labute approximate surface area is 156 Å². The molecule has 6 nitrogen and oxygen atoms in total. The Kier molecular flexibility index (Phi) is 4.53. The van der Waals surface area contributed by atoms with E-state index in [0.717, 1.165) is 22.0 Å². The second-order valence-corrected chi connectivity index (χ2v) is 6.26. The van der Waals surface area contributed by atoms with Crippen LogP contribution in [0.2, 0.25) is 0 Å². The van der Waals surface area contributed by atoms with Crippen LogP contribution >= 0.6 is 0 Å². The Hall–Kier alpha value is -3.67. The van der Waals surface area contributed by atoms with Gasteiger partial charge in [0.2, 0.25) is 5.82 Å². The first-order chi connectivity index (χ1) is 13.2. The van der Waals surface area contributed by atoms with Gasteiger partial charge in [-0.2, -0.15) is 0 Å². The summed E-state index contributed by atoms with van der Waals surface area (Å²) in [5.74, 6) is 0.298. The maximum Gasteiger partial charge on any atom is 0.311 e. The van der Waals surface area contributed by atoms with Crippen molar-refractivity contribution in [3.05, 3.63) is 100 Å². The van der Waals surface area contributed by atoms with Crippen LogP contribution in [0.1, 0.15) is 17.0 Å². The van der Waals surface area contributed by atoms with E-state index in [4.69, 9.17) is 0 Å². The van der Waals surface area contributed by atoms with Crippen molar-refractivity contribution in [1.29, 1.82) is 0 Å². The van der Waals surface area contributed by atoms with Crippen molar-refractivity contribution in [3.63, 3.8) is 0 Å². The van der Waals surface area contributed by atoms with Gasteiger partial charge in [-0.3, -0.25) is 10.1 Å². The number of hydrogen-bond donors (Lipinski definition) is 2. The first-order valence-electron chi connectivity index (χ1n) is 8.68. The van der Waals surface area contributed by atoms with Crippen molar-refractivity contribution in [2.75, 3.05) is 11.9 Å². The molecule has 2 aromatic carbocycles. The number of pyridine rings is 1.